The Hall–Kier alpha value is -2.24. The van der Waals surface area contributed by atoms with Crippen molar-refractivity contribution in [1.82, 2.24) is 14.8 Å². The van der Waals surface area contributed by atoms with Gasteiger partial charge in [0.2, 0.25) is 0 Å². The molecule has 5 nitrogen and oxygen atoms in total. The maximum atomic E-state index is 13.4. The zero-order valence-electron chi connectivity index (χ0n) is 9.13. The van der Waals surface area contributed by atoms with Crippen molar-refractivity contribution in [2.75, 3.05) is 7.11 Å². The molecule has 0 atom stereocenters. The highest BCUT2D eigenvalue weighted by molar-refractivity contribution is 5.68. The van der Waals surface area contributed by atoms with Gasteiger partial charge in [-0.3, -0.25) is 4.79 Å². The lowest BCUT2D eigenvalue weighted by atomic mass is 10.2. The Kier molecular flexibility index (Phi) is 3.13. The fourth-order valence-corrected chi connectivity index (χ4v) is 1.33. The minimum absolute atomic E-state index is 0.0437. The van der Waals surface area contributed by atoms with Crippen LogP contribution in [-0.4, -0.2) is 27.8 Å². The molecule has 0 saturated carbocycles. The number of hydrogen-bond donors (Lipinski definition) is 0. The van der Waals surface area contributed by atoms with Crippen molar-refractivity contribution < 1.29 is 13.9 Å². The number of esters is 1. The van der Waals surface area contributed by atoms with Crippen LogP contribution in [0.2, 0.25) is 0 Å². The second kappa shape index (κ2) is 4.73. The molecule has 88 valence electrons. The van der Waals surface area contributed by atoms with Gasteiger partial charge in [0.05, 0.1) is 12.7 Å². The Bertz CT molecular complexity index is 539. The van der Waals surface area contributed by atoms with Crippen molar-refractivity contribution in [1.29, 1.82) is 0 Å². The highest BCUT2D eigenvalue weighted by Crippen LogP contribution is 2.17. The molecule has 0 unspecified atom stereocenters. The van der Waals surface area contributed by atoms with Crippen molar-refractivity contribution in [2.24, 2.45) is 0 Å². The summed E-state index contributed by atoms with van der Waals surface area (Å²) in [6.45, 7) is -0.0437. The molecule has 2 rings (SSSR count). The van der Waals surface area contributed by atoms with Crippen LogP contribution in [0.1, 0.15) is 0 Å². The van der Waals surface area contributed by atoms with Gasteiger partial charge in [-0.05, 0) is 12.1 Å². The largest absolute Gasteiger partial charge is 0.468 e. The Labute approximate surface area is 96.9 Å². The molecule has 1 aromatic heterocycles. The fourth-order valence-electron chi connectivity index (χ4n) is 1.33. The molecule has 0 aliphatic carbocycles. The highest BCUT2D eigenvalue weighted by atomic mass is 19.1. The third kappa shape index (κ3) is 2.47. The van der Waals surface area contributed by atoms with Gasteiger partial charge >= 0.3 is 5.97 Å². The Morgan fingerprint density at radius 3 is 2.94 bits per heavy atom. The lowest BCUT2D eigenvalue weighted by molar-refractivity contribution is -0.141. The van der Waals surface area contributed by atoms with E-state index < -0.39 is 11.8 Å². The summed E-state index contributed by atoms with van der Waals surface area (Å²) < 4.78 is 19.2. The maximum Gasteiger partial charge on any atom is 0.327 e. The highest BCUT2D eigenvalue weighted by Gasteiger charge is 2.10. The first-order valence-electron chi connectivity index (χ1n) is 4.92. The molecule has 0 saturated heterocycles. The summed E-state index contributed by atoms with van der Waals surface area (Å²) in [4.78, 5) is 14.9. The lowest BCUT2D eigenvalue weighted by Gasteiger charge is -1.98. The average molecular weight is 235 g/mol. The second-order valence-electron chi connectivity index (χ2n) is 3.32. The van der Waals surface area contributed by atoms with Crippen molar-refractivity contribution in [2.45, 2.75) is 6.54 Å². The predicted octanol–water partition coefficient (Wildman–Crippen LogP) is 1.26. The van der Waals surface area contributed by atoms with Gasteiger partial charge in [-0.25, -0.2) is 14.1 Å². The molecule has 0 bridgehead atoms. The quantitative estimate of drug-likeness (QED) is 0.751. The van der Waals surface area contributed by atoms with Gasteiger partial charge in [-0.2, -0.15) is 5.10 Å². The topological polar surface area (TPSA) is 57.0 Å². The molecule has 0 amide bonds. The minimum Gasteiger partial charge on any atom is -0.468 e. The summed E-state index contributed by atoms with van der Waals surface area (Å²) in [5.74, 6) is -0.592. The van der Waals surface area contributed by atoms with Crippen LogP contribution in [0.3, 0.4) is 0 Å². The molecule has 0 aliphatic heterocycles. The van der Waals surface area contributed by atoms with E-state index in [1.165, 1.54) is 24.2 Å². The number of methoxy groups -OCH3 is 1. The van der Waals surface area contributed by atoms with Crippen LogP contribution in [0.15, 0.2) is 30.6 Å². The Morgan fingerprint density at radius 1 is 1.47 bits per heavy atom. The van der Waals surface area contributed by atoms with E-state index in [1.54, 1.807) is 18.2 Å². The van der Waals surface area contributed by atoms with Crippen LogP contribution in [0.25, 0.3) is 11.4 Å². The molecule has 0 fully saturated rings. The number of carbonyl (C=O) groups is 1. The van der Waals surface area contributed by atoms with E-state index in [9.17, 15) is 9.18 Å². The third-order valence-electron chi connectivity index (χ3n) is 2.17. The SMILES string of the molecule is COC(=O)Cn1cnc(-c2ccccc2F)n1. The van der Waals surface area contributed by atoms with Crippen LogP contribution in [-0.2, 0) is 16.1 Å². The molecule has 0 radical (unpaired) electrons. The van der Waals surface area contributed by atoms with Crippen molar-refractivity contribution >= 4 is 5.97 Å². The van der Waals surface area contributed by atoms with Crippen LogP contribution >= 0.6 is 0 Å². The number of nitrogens with zero attached hydrogens (tertiary/aromatic N) is 3. The van der Waals surface area contributed by atoms with E-state index in [-0.39, 0.29) is 12.4 Å². The first-order chi connectivity index (χ1) is 8.20. The van der Waals surface area contributed by atoms with Crippen molar-refractivity contribution in [3.05, 3.63) is 36.4 Å². The molecule has 0 aliphatic rings. The maximum absolute atomic E-state index is 13.4. The minimum atomic E-state index is -0.435. The summed E-state index contributed by atoms with van der Waals surface area (Å²) in [5.41, 5.74) is 0.302. The first-order valence-corrected chi connectivity index (χ1v) is 4.92. The molecule has 2 aromatic rings. The van der Waals surface area contributed by atoms with Crippen LogP contribution in [0.4, 0.5) is 4.39 Å². The summed E-state index contributed by atoms with van der Waals surface area (Å²) in [5, 5.41) is 3.99. The third-order valence-corrected chi connectivity index (χ3v) is 2.17. The normalized spacial score (nSPS) is 10.2. The Morgan fingerprint density at radius 2 is 2.24 bits per heavy atom. The van der Waals surface area contributed by atoms with E-state index in [0.29, 0.717) is 5.56 Å². The van der Waals surface area contributed by atoms with Crippen molar-refractivity contribution in [3.63, 3.8) is 0 Å². The van der Waals surface area contributed by atoms with Gasteiger partial charge in [0, 0.05) is 0 Å². The van der Waals surface area contributed by atoms with E-state index in [2.05, 4.69) is 14.8 Å². The molecular formula is C11H10FN3O2. The molecule has 1 aromatic carbocycles. The number of ether oxygens (including phenoxy) is 1. The lowest BCUT2D eigenvalue weighted by Crippen LogP contribution is -2.11. The number of carbonyl (C=O) groups excluding carboxylic acids is 1. The number of aromatic nitrogens is 3. The van der Waals surface area contributed by atoms with E-state index >= 15 is 0 Å². The number of hydrogen-bond acceptors (Lipinski definition) is 4. The molecule has 6 heteroatoms. The van der Waals surface area contributed by atoms with E-state index in [1.807, 2.05) is 0 Å². The Balaban J connectivity index is 2.24. The van der Waals surface area contributed by atoms with Crippen LogP contribution < -0.4 is 0 Å². The van der Waals surface area contributed by atoms with Gasteiger partial charge in [0.25, 0.3) is 0 Å². The predicted molar refractivity (Wildman–Crippen MR) is 57.4 cm³/mol. The summed E-state index contributed by atoms with van der Waals surface area (Å²) in [6.07, 6.45) is 1.36. The van der Waals surface area contributed by atoms with Crippen molar-refractivity contribution in [3.8, 4) is 11.4 Å². The van der Waals surface area contributed by atoms with Crippen LogP contribution in [0, 0.1) is 5.82 Å². The second-order valence-corrected chi connectivity index (χ2v) is 3.32. The standard InChI is InChI=1S/C11H10FN3O2/c1-17-10(16)6-15-7-13-11(14-15)8-4-2-3-5-9(8)12/h2-5,7H,6H2,1H3. The molecular weight excluding hydrogens is 225 g/mol. The van der Waals surface area contributed by atoms with Gasteiger partial charge < -0.3 is 4.74 Å². The fraction of sp³-hybridized carbons (Fsp3) is 0.182. The molecule has 17 heavy (non-hydrogen) atoms. The summed E-state index contributed by atoms with van der Waals surface area (Å²) in [7, 11) is 1.29. The smallest absolute Gasteiger partial charge is 0.327 e. The zero-order valence-corrected chi connectivity index (χ0v) is 9.13. The summed E-state index contributed by atoms with van der Waals surface area (Å²) in [6, 6.07) is 6.19. The first kappa shape index (κ1) is 11.3. The van der Waals surface area contributed by atoms with Gasteiger partial charge in [-0.15, -0.1) is 0 Å². The summed E-state index contributed by atoms with van der Waals surface area (Å²) >= 11 is 0. The monoisotopic (exact) mass is 235 g/mol. The van der Waals surface area contributed by atoms with Gasteiger partial charge in [-0.1, -0.05) is 12.1 Å². The number of halogens is 1. The van der Waals surface area contributed by atoms with Gasteiger partial charge in [0.15, 0.2) is 5.82 Å². The van der Waals surface area contributed by atoms with Crippen LogP contribution in [0.5, 0.6) is 0 Å². The number of benzene rings is 1. The zero-order chi connectivity index (χ0) is 12.3. The number of rotatable bonds is 3. The molecule has 0 N–H and O–H groups in total. The van der Waals surface area contributed by atoms with Gasteiger partial charge in [0.1, 0.15) is 18.7 Å². The molecule has 0 spiro atoms. The average Bonchev–Trinajstić information content (AvgIpc) is 2.78. The van der Waals surface area contributed by atoms with E-state index in [0.717, 1.165) is 0 Å². The molecule has 1 heterocycles. The van der Waals surface area contributed by atoms with E-state index in [4.69, 9.17) is 0 Å².